The van der Waals surface area contributed by atoms with E-state index in [1.165, 1.54) is 4.90 Å². The van der Waals surface area contributed by atoms with Crippen molar-refractivity contribution >= 4 is 17.7 Å². The first-order valence-corrected chi connectivity index (χ1v) is 8.47. The number of nitrogens with one attached hydrogen (secondary N) is 1. The van der Waals surface area contributed by atoms with E-state index in [9.17, 15) is 14.7 Å². The van der Waals surface area contributed by atoms with Crippen molar-refractivity contribution in [3.63, 3.8) is 0 Å². The van der Waals surface area contributed by atoms with E-state index < -0.39 is 11.4 Å². The molecule has 0 spiro atoms. The molecule has 2 aromatic rings. The van der Waals surface area contributed by atoms with Gasteiger partial charge in [-0.25, -0.2) is 4.79 Å². The summed E-state index contributed by atoms with van der Waals surface area (Å²) in [6, 6.07) is 15.3. The van der Waals surface area contributed by atoms with E-state index in [0.29, 0.717) is 35.7 Å². The second kappa shape index (κ2) is 7.38. The molecule has 0 bridgehead atoms. The molecule has 138 valence electrons. The Morgan fingerprint density at radius 2 is 1.96 bits per heavy atom. The topological polar surface area (TPSA) is 103 Å². The van der Waals surface area contributed by atoms with E-state index in [4.69, 9.17) is 10.00 Å². The van der Waals surface area contributed by atoms with Gasteiger partial charge in [0, 0.05) is 24.8 Å². The van der Waals surface area contributed by atoms with Gasteiger partial charge in [-0.1, -0.05) is 6.07 Å². The van der Waals surface area contributed by atoms with E-state index in [1.54, 1.807) is 55.5 Å². The Kier molecular flexibility index (Phi) is 4.99. The summed E-state index contributed by atoms with van der Waals surface area (Å²) in [6.07, 6.45) is 0.428. The number of anilines is 1. The molecule has 7 nitrogen and oxygen atoms in total. The van der Waals surface area contributed by atoms with Gasteiger partial charge in [0.15, 0.2) is 0 Å². The molecule has 1 saturated heterocycles. The molecule has 1 unspecified atom stereocenters. The van der Waals surface area contributed by atoms with Crippen LogP contribution >= 0.6 is 0 Å². The summed E-state index contributed by atoms with van der Waals surface area (Å²) in [5, 5.41) is 20.9. The third-order valence-electron chi connectivity index (χ3n) is 4.58. The van der Waals surface area contributed by atoms with Crippen LogP contribution in [0.4, 0.5) is 10.5 Å². The lowest BCUT2D eigenvalue weighted by Crippen LogP contribution is -2.37. The lowest BCUT2D eigenvalue weighted by atomic mass is 9.90. The average Bonchev–Trinajstić information content (AvgIpc) is 3.07. The van der Waals surface area contributed by atoms with Crippen molar-refractivity contribution in [1.29, 1.82) is 5.26 Å². The summed E-state index contributed by atoms with van der Waals surface area (Å²) in [6.45, 7) is 2.22. The molecule has 0 aromatic heterocycles. The van der Waals surface area contributed by atoms with Gasteiger partial charge in [-0.05, 0) is 49.7 Å². The van der Waals surface area contributed by atoms with Gasteiger partial charge in [-0.15, -0.1) is 0 Å². The summed E-state index contributed by atoms with van der Waals surface area (Å²) < 4.78 is 5.74. The van der Waals surface area contributed by atoms with Crippen LogP contribution in [0.2, 0.25) is 0 Å². The molecule has 0 saturated carbocycles. The Balaban J connectivity index is 1.64. The van der Waals surface area contributed by atoms with Crippen molar-refractivity contribution in [3.05, 3.63) is 54.1 Å². The van der Waals surface area contributed by atoms with Crippen molar-refractivity contribution < 1.29 is 19.4 Å². The predicted octanol–water partition coefficient (Wildman–Crippen LogP) is 3.68. The number of urea groups is 1. The van der Waals surface area contributed by atoms with Crippen molar-refractivity contribution in [2.45, 2.75) is 13.3 Å². The third-order valence-corrected chi connectivity index (χ3v) is 4.58. The highest BCUT2D eigenvalue weighted by molar-refractivity contribution is 5.90. The van der Waals surface area contributed by atoms with E-state index in [1.807, 2.05) is 6.07 Å². The van der Waals surface area contributed by atoms with Crippen LogP contribution in [0.25, 0.3) is 0 Å². The smallest absolute Gasteiger partial charge is 0.321 e. The number of ether oxygens (including phenoxy) is 1. The monoisotopic (exact) mass is 365 g/mol. The minimum absolute atomic E-state index is 0.176. The van der Waals surface area contributed by atoms with Crippen molar-refractivity contribution in [3.8, 4) is 17.6 Å². The molecule has 3 rings (SSSR count). The average molecular weight is 365 g/mol. The SMILES string of the molecule is CC1(C(=O)O)CCN(C(=O)Nc2cccc(Oc3ccc(C#N)cc3)c2)C1. The van der Waals surface area contributed by atoms with E-state index in [2.05, 4.69) is 5.32 Å². The lowest BCUT2D eigenvalue weighted by molar-refractivity contribution is -0.146. The maximum absolute atomic E-state index is 12.4. The normalized spacial score (nSPS) is 18.6. The number of nitriles is 1. The number of carbonyl (C=O) groups excluding carboxylic acids is 1. The highest BCUT2D eigenvalue weighted by Crippen LogP contribution is 2.31. The number of benzene rings is 2. The van der Waals surface area contributed by atoms with Gasteiger partial charge in [0.1, 0.15) is 11.5 Å². The first-order valence-electron chi connectivity index (χ1n) is 8.47. The van der Waals surface area contributed by atoms with Crippen LogP contribution in [0.1, 0.15) is 18.9 Å². The number of amides is 2. The van der Waals surface area contributed by atoms with Gasteiger partial charge in [-0.3, -0.25) is 4.79 Å². The molecule has 1 atom stereocenters. The summed E-state index contributed by atoms with van der Waals surface area (Å²) in [7, 11) is 0. The van der Waals surface area contributed by atoms with Crippen LogP contribution in [0.15, 0.2) is 48.5 Å². The number of carboxylic acid groups (broad SMARTS) is 1. The maximum Gasteiger partial charge on any atom is 0.321 e. The molecule has 2 aromatic carbocycles. The Morgan fingerprint density at radius 3 is 2.59 bits per heavy atom. The van der Waals surface area contributed by atoms with Gasteiger partial charge in [0.2, 0.25) is 0 Å². The molecule has 1 aliphatic heterocycles. The molecule has 1 aliphatic rings. The first kappa shape index (κ1) is 18.3. The zero-order valence-electron chi connectivity index (χ0n) is 14.8. The number of carbonyl (C=O) groups is 2. The van der Waals surface area contributed by atoms with Crippen LogP contribution in [-0.4, -0.2) is 35.1 Å². The molecule has 1 fully saturated rings. The number of rotatable bonds is 4. The Morgan fingerprint density at radius 1 is 1.22 bits per heavy atom. The van der Waals surface area contributed by atoms with Crippen LogP contribution in [-0.2, 0) is 4.79 Å². The second-order valence-corrected chi connectivity index (χ2v) is 6.73. The van der Waals surface area contributed by atoms with Gasteiger partial charge >= 0.3 is 12.0 Å². The van der Waals surface area contributed by atoms with Gasteiger partial charge in [-0.2, -0.15) is 5.26 Å². The van der Waals surface area contributed by atoms with Crippen LogP contribution < -0.4 is 10.1 Å². The lowest BCUT2D eigenvalue weighted by Gasteiger charge is -2.20. The number of aliphatic carboxylic acids is 1. The van der Waals surface area contributed by atoms with E-state index >= 15 is 0 Å². The van der Waals surface area contributed by atoms with Gasteiger partial charge < -0.3 is 20.1 Å². The van der Waals surface area contributed by atoms with Gasteiger partial charge in [0.25, 0.3) is 0 Å². The Labute approximate surface area is 156 Å². The maximum atomic E-state index is 12.4. The third kappa shape index (κ3) is 4.18. The fourth-order valence-corrected chi connectivity index (χ4v) is 2.88. The standard InChI is InChI=1S/C20H19N3O4/c1-20(18(24)25)9-10-23(13-20)19(26)22-15-3-2-4-17(11-15)27-16-7-5-14(12-21)6-8-16/h2-8,11H,9-10,13H2,1H3,(H,22,26)(H,24,25). The quantitative estimate of drug-likeness (QED) is 0.860. The molecule has 2 amide bonds. The molecular weight excluding hydrogens is 346 g/mol. The highest BCUT2D eigenvalue weighted by atomic mass is 16.5. The summed E-state index contributed by atoms with van der Waals surface area (Å²) in [5.41, 5.74) is 0.190. The Hall–Kier alpha value is -3.53. The van der Waals surface area contributed by atoms with Crippen LogP contribution in [0.5, 0.6) is 11.5 Å². The summed E-state index contributed by atoms with van der Waals surface area (Å²) in [5.74, 6) is 0.221. The molecule has 0 aliphatic carbocycles. The van der Waals surface area contributed by atoms with E-state index in [-0.39, 0.29) is 12.6 Å². The number of likely N-dealkylation sites (tertiary alicyclic amines) is 1. The highest BCUT2D eigenvalue weighted by Gasteiger charge is 2.42. The molecule has 0 radical (unpaired) electrons. The molecule has 7 heteroatoms. The Bertz CT molecular complexity index is 904. The number of hydrogen-bond donors (Lipinski definition) is 2. The zero-order chi connectivity index (χ0) is 19.4. The molecule has 2 N–H and O–H groups in total. The largest absolute Gasteiger partial charge is 0.481 e. The zero-order valence-corrected chi connectivity index (χ0v) is 14.8. The van der Waals surface area contributed by atoms with Crippen molar-refractivity contribution in [2.75, 3.05) is 18.4 Å². The minimum Gasteiger partial charge on any atom is -0.481 e. The predicted molar refractivity (Wildman–Crippen MR) is 98.6 cm³/mol. The summed E-state index contributed by atoms with van der Waals surface area (Å²) >= 11 is 0. The fraction of sp³-hybridized carbons (Fsp3) is 0.250. The number of carboxylic acids is 1. The van der Waals surface area contributed by atoms with Crippen molar-refractivity contribution in [2.24, 2.45) is 5.41 Å². The molecular formula is C20H19N3O4. The van der Waals surface area contributed by atoms with Crippen LogP contribution in [0, 0.1) is 16.7 Å². The minimum atomic E-state index is -0.905. The molecule has 27 heavy (non-hydrogen) atoms. The second-order valence-electron chi connectivity index (χ2n) is 6.73. The molecule has 1 heterocycles. The van der Waals surface area contributed by atoms with E-state index in [0.717, 1.165) is 0 Å². The fourth-order valence-electron chi connectivity index (χ4n) is 2.88. The number of hydrogen-bond acceptors (Lipinski definition) is 4. The van der Waals surface area contributed by atoms with Gasteiger partial charge in [0.05, 0.1) is 17.0 Å². The first-order chi connectivity index (χ1) is 12.9. The number of nitrogens with zero attached hydrogens (tertiary/aromatic N) is 2. The van der Waals surface area contributed by atoms with Crippen molar-refractivity contribution in [1.82, 2.24) is 4.90 Å². The summed E-state index contributed by atoms with van der Waals surface area (Å²) in [4.78, 5) is 25.2. The van der Waals surface area contributed by atoms with Crippen LogP contribution in [0.3, 0.4) is 0 Å².